The van der Waals surface area contributed by atoms with Crippen molar-refractivity contribution in [1.82, 2.24) is 9.88 Å². The lowest BCUT2D eigenvalue weighted by atomic mass is 9.99. The smallest absolute Gasteiger partial charge is 0.255 e. The highest BCUT2D eigenvalue weighted by atomic mass is 79.9. The van der Waals surface area contributed by atoms with Crippen LogP contribution in [0.25, 0.3) is 0 Å². The maximum Gasteiger partial charge on any atom is 0.255 e. The van der Waals surface area contributed by atoms with Crippen LogP contribution >= 0.6 is 15.9 Å². The standard InChI is InChI=1S/C19H21BrN2O3S/c1-14-5-7-22(8-6-14)19(23)16-9-15(11-21-12-16)13-26(24,25)18-4-2-3-17(20)10-18/h2-4,9-12,14H,5-8,13H2,1H3. The first-order valence-electron chi connectivity index (χ1n) is 8.57. The maximum absolute atomic E-state index is 12.7. The molecule has 0 N–H and O–H groups in total. The zero-order chi connectivity index (χ0) is 18.7. The molecule has 0 unspecified atom stereocenters. The fraction of sp³-hybridized carbons (Fsp3) is 0.368. The van der Waals surface area contributed by atoms with E-state index in [4.69, 9.17) is 0 Å². The summed E-state index contributed by atoms with van der Waals surface area (Å²) in [6.07, 6.45) is 5.01. The van der Waals surface area contributed by atoms with Crippen molar-refractivity contribution in [3.8, 4) is 0 Å². The zero-order valence-electron chi connectivity index (χ0n) is 14.6. The van der Waals surface area contributed by atoms with E-state index in [0.29, 0.717) is 21.5 Å². The number of sulfone groups is 1. The monoisotopic (exact) mass is 436 g/mol. The van der Waals surface area contributed by atoms with Gasteiger partial charge in [0.05, 0.1) is 16.2 Å². The van der Waals surface area contributed by atoms with Crippen LogP contribution < -0.4 is 0 Å². The largest absolute Gasteiger partial charge is 0.339 e. The van der Waals surface area contributed by atoms with Crippen molar-refractivity contribution in [3.63, 3.8) is 0 Å². The number of carbonyl (C=O) groups is 1. The van der Waals surface area contributed by atoms with Crippen molar-refractivity contribution >= 4 is 31.7 Å². The number of rotatable bonds is 4. The first-order chi connectivity index (χ1) is 12.3. The van der Waals surface area contributed by atoms with Crippen molar-refractivity contribution < 1.29 is 13.2 Å². The molecular weight excluding hydrogens is 416 g/mol. The second-order valence-corrected chi connectivity index (χ2v) is 9.68. The molecule has 0 spiro atoms. The molecular formula is C19H21BrN2O3S. The Balaban J connectivity index is 1.78. The zero-order valence-corrected chi connectivity index (χ0v) is 17.0. The van der Waals surface area contributed by atoms with Crippen LogP contribution in [0.2, 0.25) is 0 Å². The van der Waals surface area contributed by atoms with Crippen LogP contribution in [-0.4, -0.2) is 37.3 Å². The van der Waals surface area contributed by atoms with Crippen LogP contribution in [0.15, 0.2) is 52.1 Å². The molecule has 1 saturated heterocycles. The van der Waals surface area contributed by atoms with E-state index >= 15 is 0 Å². The van der Waals surface area contributed by atoms with Crippen LogP contribution in [0, 0.1) is 5.92 Å². The number of aromatic nitrogens is 1. The summed E-state index contributed by atoms with van der Waals surface area (Å²) in [5.41, 5.74) is 0.961. The highest BCUT2D eigenvalue weighted by molar-refractivity contribution is 9.10. The van der Waals surface area contributed by atoms with Crippen molar-refractivity contribution in [2.24, 2.45) is 5.92 Å². The van der Waals surface area contributed by atoms with Gasteiger partial charge in [-0.15, -0.1) is 0 Å². The molecule has 0 atom stereocenters. The Morgan fingerprint density at radius 3 is 2.65 bits per heavy atom. The Labute approximate surface area is 162 Å². The minimum atomic E-state index is -3.51. The normalized spacial score (nSPS) is 15.8. The number of nitrogens with zero attached hydrogens (tertiary/aromatic N) is 2. The lowest BCUT2D eigenvalue weighted by Gasteiger charge is -2.30. The molecule has 26 heavy (non-hydrogen) atoms. The Morgan fingerprint density at radius 1 is 1.23 bits per heavy atom. The molecule has 5 nitrogen and oxygen atoms in total. The summed E-state index contributed by atoms with van der Waals surface area (Å²) in [5.74, 6) is 0.374. The minimum Gasteiger partial charge on any atom is -0.339 e. The van der Waals surface area contributed by atoms with E-state index in [2.05, 4.69) is 27.8 Å². The van der Waals surface area contributed by atoms with Crippen molar-refractivity contribution in [2.75, 3.05) is 13.1 Å². The average molecular weight is 437 g/mol. The maximum atomic E-state index is 12.7. The predicted octanol–water partition coefficient (Wildman–Crippen LogP) is 3.69. The Hall–Kier alpha value is -1.73. The lowest BCUT2D eigenvalue weighted by molar-refractivity contribution is 0.0696. The molecule has 7 heteroatoms. The number of benzene rings is 1. The number of piperidine rings is 1. The molecule has 2 heterocycles. The predicted molar refractivity (Wildman–Crippen MR) is 104 cm³/mol. The second kappa shape index (κ2) is 7.88. The molecule has 0 aliphatic carbocycles. The Morgan fingerprint density at radius 2 is 1.96 bits per heavy atom. The summed E-state index contributed by atoms with van der Waals surface area (Å²) in [6, 6.07) is 8.25. The highest BCUT2D eigenvalue weighted by Gasteiger charge is 2.23. The number of amides is 1. The van der Waals surface area contributed by atoms with Crippen molar-refractivity contribution in [1.29, 1.82) is 0 Å². The van der Waals surface area contributed by atoms with E-state index in [1.165, 1.54) is 12.4 Å². The van der Waals surface area contributed by atoms with Crippen LogP contribution in [0.5, 0.6) is 0 Å². The number of pyridine rings is 1. The van der Waals surface area contributed by atoms with Crippen LogP contribution in [0.4, 0.5) is 0 Å². The molecule has 1 aliphatic heterocycles. The molecule has 1 amide bonds. The molecule has 0 radical (unpaired) electrons. The number of likely N-dealkylation sites (tertiary alicyclic amines) is 1. The van der Waals surface area contributed by atoms with Gasteiger partial charge >= 0.3 is 0 Å². The van der Waals surface area contributed by atoms with Crippen molar-refractivity contribution in [2.45, 2.75) is 30.4 Å². The molecule has 2 aromatic rings. The third kappa shape index (κ3) is 4.51. The van der Waals surface area contributed by atoms with Gasteiger partial charge in [-0.05, 0) is 48.6 Å². The molecule has 1 fully saturated rings. The minimum absolute atomic E-state index is 0.0777. The number of halogens is 1. The first kappa shape index (κ1) is 19.0. The quantitative estimate of drug-likeness (QED) is 0.732. The van der Waals surface area contributed by atoms with Gasteiger partial charge in [-0.2, -0.15) is 0 Å². The summed E-state index contributed by atoms with van der Waals surface area (Å²) in [6.45, 7) is 3.66. The van der Waals surface area contributed by atoms with Crippen LogP contribution in [-0.2, 0) is 15.6 Å². The van der Waals surface area contributed by atoms with Gasteiger partial charge in [0.15, 0.2) is 9.84 Å². The fourth-order valence-corrected chi connectivity index (χ4v) is 4.95. The average Bonchev–Trinajstić information content (AvgIpc) is 2.62. The number of hydrogen-bond acceptors (Lipinski definition) is 4. The summed E-state index contributed by atoms with van der Waals surface area (Å²) in [5, 5.41) is 0. The first-order valence-corrected chi connectivity index (χ1v) is 11.0. The van der Waals surface area contributed by atoms with Gasteiger partial charge in [-0.1, -0.05) is 28.9 Å². The highest BCUT2D eigenvalue weighted by Crippen LogP contribution is 2.22. The van der Waals surface area contributed by atoms with E-state index in [0.717, 1.165) is 25.9 Å². The molecule has 1 aromatic heterocycles. The Kier molecular flexibility index (Phi) is 5.77. The van der Waals surface area contributed by atoms with E-state index < -0.39 is 9.84 Å². The van der Waals surface area contributed by atoms with E-state index in [1.807, 2.05) is 4.90 Å². The SMILES string of the molecule is CC1CCN(C(=O)c2cncc(CS(=O)(=O)c3cccc(Br)c3)c2)CC1. The van der Waals surface area contributed by atoms with Gasteiger partial charge in [-0.3, -0.25) is 9.78 Å². The molecule has 1 aliphatic rings. The van der Waals surface area contributed by atoms with E-state index in [-0.39, 0.29) is 16.6 Å². The third-order valence-corrected chi connectivity index (χ3v) is 6.80. The van der Waals surface area contributed by atoms with Gasteiger partial charge in [0.2, 0.25) is 0 Å². The van der Waals surface area contributed by atoms with Gasteiger partial charge in [-0.25, -0.2) is 8.42 Å². The lowest BCUT2D eigenvalue weighted by Crippen LogP contribution is -2.38. The molecule has 1 aromatic carbocycles. The van der Waals surface area contributed by atoms with Gasteiger partial charge in [0.1, 0.15) is 0 Å². The number of carbonyl (C=O) groups excluding carboxylic acids is 1. The van der Waals surface area contributed by atoms with E-state index in [1.54, 1.807) is 30.3 Å². The summed E-state index contributed by atoms with van der Waals surface area (Å²) < 4.78 is 26.0. The van der Waals surface area contributed by atoms with Gasteiger partial charge in [0, 0.05) is 30.0 Å². The Bertz CT molecular complexity index is 907. The fourth-order valence-electron chi connectivity index (χ4n) is 3.04. The third-order valence-electron chi connectivity index (χ3n) is 4.62. The molecule has 138 valence electrons. The van der Waals surface area contributed by atoms with Crippen LogP contribution in [0.3, 0.4) is 0 Å². The van der Waals surface area contributed by atoms with Gasteiger partial charge in [0.25, 0.3) is 5.91 Å². The van der Waals surface area contributed by atoms with Gasteiger partial charge < -0.3 is 4.90 Å². The molecule has 0 saturated carbocycles. The topological polar surface area (TPSA) is 67.3 Å². The van der Waals surface area contributed by atoms with Crippen molar-refractivity contribution in [3.05, 3.63) is 58.3 Å². The summed E-state index contributed by atoms with van der Waals surface area (Å²) in [4.78, 5) is 18.8. The van der Waals surface area contributed by atoms with E-state index in [9.17, 15) is 13.2 Å². The molecule has 0 bridgehead atoms. The number of hydrogen-bond donors (Lipinski definition) is 0. The summed E-state index contributed by atoms with van der Waals surface area (Å²) in [7, 11) is -3.51. The molecule has 3 rings (SSSR count). The van der Waals surface area contributed by atoms with Crippen LogP contribution in [0.1, 0.15) is 35.7 Å². The second-order valence-electron chi connectivity index (χ2n) is 6.77. The summed E-state index contributed by atoms with van der Waals surface area (Å²) >= 11 is 3.29.